The summed E-state index contributed by atoms with van der Waals surface area (Å²) < 4.78 is 5.31. The molecular weight excluding hydrogens is 378 g/mol. The Kier molecular flexibility index (Phi) is 6.01. The van der Waals surface area contributed by atoms with Gasteiger partial charge >= 0.3 is 0 Å². The van der Waals surface area contributed by atoms with Gasteiger partial charge in [0.15, 0.2) is 5.82 Å². The van der Waals surface area contributed by atoms with E-state index >= 15 is 0 Å². The third-order valence-electron chi connectivity index (χ3n) is 5.28. The lowest BCUT2D eigenvalue weighted by atomic mass is 10.2. The zero-order chi connectivity index (χ0) is 19.3. The minimum atomic E-state index is 0.110. The Morgan fingerprint density at radius 2 is 1.86 bits per heavy atom. The molecule has 28 heavy (non-hydrogen) atoms. The predicted octanol–water partition coefficient (Wildman–Crippen LogP) is 1.64. The highest BCUT2D eigenvalue weighted by Crippen LogP contribution is 2.15. The van der Waals surface area contributed by atoms with Crippen LogP contribution in [-0.2, 0) is 17.8 Å². The van der Waals surface area contributed by atoms with E-state index in [2.05, 4.69) is 15.0 Å². The van der Waals surface area contributed by atoms with Gasteiger partial charge in [-0.3, -0.25) is 14.5 Å². The number of rotatable bonds is 6. The van der Waals surface area contributed by atoms with E-state index in [0.717, 1.165) is 43.9 Å². The standard InChI is InChI=1S/C19H25N5O3S/c25-18(23-7-1-2-8-23)6-5-17-20-16(21-27-17)14-22-9-11-24(12-10-22)19(26)15-4-3-13-28-15/h3-4,13H,1-2,5-12,14H2. The van der Waals surface area contributed by atoms with E-state index in [9.17, 15) is 9.59 Å². The molecule has 0 radical (unpaired) electrons. The summed E-state index contributed by atoms with van der Waals surface area (Å²) in [5, 5.41) is 5.98. The molecule has 0 unspecified atom stereocenters. The van der Waals surface area contributed by atoms with Crippen LogP contribution in [0, 0.1) is 0 Å². The molecular formula is C19H25N5O3S. The van der Waals surface area contributed by atoms with Crippen molar-refractivity contribution >= 4 is 23.2 Å². The van der Waals surface area contributed by atoms with E-state index in [1.807, 2.05) is 27.3 Å². The summed E-state index contributed by atoms with van der Waals surface area (Å²) in [5.41, 5.74) is 0. The molecule has 0 N–H and O–H groups in total. The summed E-state index contributed by atoms with van der Waals surface area (Å²) in [7, 11) is 0. The molecule has 2 saturated heterocycles. The molecule has 2 aliphatic rings. The first-order valence-corrected chi connectivity index (χ1v) is 10.7. The second-order valence-electron chi connectivity index (χ2n) is 7.24. The molecule has 4 rings (SSSR count). The van der Waals surface area contributed by atoms with E-state index in [0.29, 0.717) is 44.2 Å². The number of amides is 2. The lowest BCUT2D eigenvalue weighted by molar-refractivity contribution is -0.130. The van der Waals surface area contributed by atoms with Crippen LogP contribution in [0.15, 0.2) is 22.0 Å². The SMILES string of the molecule is O=C(CCc1nc(CN2CCN(C(=O)c3cccs3)CC2)no1)N1CCCC1. The molecule has 2 amide bonds. The van der Waals surface area contributed by atoms with Gasteiger partial charge in [0.25, 0.3) is 5.91 Å². The smallest absolute Gasteiger partial charge is 0.264 e. The van der Waals surface area contributed by atoms with E-state index < -0.39 is 0 Å². The fourth-order valence-corrected chi connectivity index (χ4v) is 4.35. The fraction of sp³-hybridized carbons (Fsp3) is 0.579. The Hall–Kier alpha value is -2.26. The van der Waals surface area contributed by atoms with Crippen LogP contribution in [0.3, 0.4) is 0 Å². The van der Waals surface area contributed by atoms with E-state index in [4.69, 9.17) is 4.52 Å². The Bertz CT molecular complexity index is 792. The number of hydrogen-bond acceptors (Lipinski definition) is 7. The minimum Gasteiger partial charge on any atom is -0.343 e. The van der Waals surface area contributed by atoms with Gasteiger partial charge in [0.2, 0.25) is 11.8 Å². The lowest BCUT2D eigenvalue weighted by Crippen LogP contribution is -2.48. The van der Waals surface area contributed by atoms with Crippen molar-refractivity contribution < 1.29 is 14.1 Å². The van der Waals surface area contributed by atoms with Crippen molar-refractivity contribution in [2.75, 3.05) is 39.3 Å². The summed E-state index contributed by atoms with van der Waals surface area (Å²) in [4.78, 5) is 35.8. The van der Waals surface area contributed by atoms with Gasteiger partial charge in [0.05, 0.1) is 11.4 Å². The minimum absolute atomic E-state index is 0.110. The van der Waals surface area contributed by atoms with Gasteiger partial charge in [-0.2, -0.15) is 4.98 Å². The molecule has 2 fully saturated rings. The summed E-state index contributed by atoms with van der Waals surface area (Å²) in [5.74, 6) is 1.44. The maximum absolute atomic E-state index is 12.4. The van der Waals surface area contributed by atoms with E-state index in [1.165, 1.54) is 11.3 Å². The number of hydrogen-bond donors (Lipinski definition) is 0. The molecule has 8 nitrogen and oxygen atoms in total. The number of nitrogens with zero attached hydrogens (tertiary/aromatic N) is 5. The van der Waals surface area contributed by atoms with Crippen molar-refractivity contribution in [2.45, 2.75) is 32.2 Å². The van der Waals surface area contributed by atoms with Crippen molar-refractivity contribution in [3.8, 4) is 0 Å². The normalized spacial score (nSPS) is 18.0. The van der Waals surface area contributed by atoms with Crippen LogP contribution in [0.5, 0.6) is 0 Å². The number of likely N-dealkylation sites (tertiary alicyclic amines) is 1. The number of carbonyl (C=O) groups is 2. The van der Waals surface area contributed by atoms with Gasteiger partial charge in [-0.15, -0.1) is 11.3 Å². The quantitative estimate of drug-likeness (QED) is 0.729. The first-order valence-electron chi connectivity index (χ1n) is 9.83. The van der Waals surface area contributed by atoms with Gasteiger partial charge in [-0.1, -0.05) is 11.2 Å². The maximum atomic E-state index is 12.4. The fourth-order valence-electron chi connectivity index (χ4n) is 3.66. The molecule has 0 atom stereocenters. The third-order valence-corrected chi connectivity index (χ3v) is 6.14. The first kappa shape index (κ1) is 19.1. The molecule has 9 heteroatoms. The average molecular weight is 404 g/mol. The maximum Gasteiger partial charge on any atom is 0.264 e. The predicted molar refractivity (Wildman–Crippen MR) is 104 cm³/mol. The molecule has 0 spiro atoms. The molecule has 150 valence electrons. The highest BCUT2D eigenvalue weighted by Gasteiger charge is 2.24. The zero-order valence-electron chi connectivity index (χ0n) is 15.9. The average Bonchev–Trinajstić information content (AvgIpc) is 3.49. The van der Waals surface area contributed by atoms with Gasteiger partial charge < -0.3 is 14.3 Å². The number of carbonyl (C=O) groups excluding carboxylic acids is 2. The second-order valence-corrected chi connectivity index (χ2v) is 8.19. The monoisotopic (exact) mass is 403 g/mol. The summed E-state index contributed by atoms with van der Waals surface area (Å²) in [6.45, 7) is 5.31. The molecule has 0 aromatic carbocycles. The van der Waals surface area contributed by atoms with Gasteiger partial charge in [-0.05, 0) is 24.3 Å². The number of aryl methyl sites for hydroxylation is 1. The van der Waals surface area contributed by atoms with Crippen molar-refractivity contribution in [1.29, 1.82) is 0 Å². The largest absolute Gasteiger partial charge is 0.343 e. The third kappa shape index (κ3) is 4.59. The number of aromatic nitrogens is 2. The first-order chi connectivity index (χ1) is 13.7. The van der Waals surface area contributed by atoms with Crippen LogP contribution in [0.1, 0.15) is 40.6 Å². The Labute approximate surface area is 168 Å². The topological polar surface area (TPSA) is 82.8 Å². The van der Waals surface area contributed by atoms with Crippen molar-refractivity contribution in [2.24, 2.45) is 0 Å². The van der Waals surface area contributed by atoms with Crippen LogP contribution in [0.25, 0.3) is 0 Å². The molecule has 0 bridgehead atoms. The summed E-state index contributed by atoms with van der Waals surface area (Å²) in [6.07, 6.45) is 3.11. The zero-order valence-corrected chi connectivity index (χ0v) is 16.7. The molecule has 2 aromatic rings. The lowest BCUT2D eigenvalue weighted by Gasteiger charge is -2.33. The van der Waals surface area contributed by atoms with Gasteiger partial charge in [-0.25, -0.2) is 0 Å². The molecule has 2 aliphatic heterocycles. The van der Waals surface area contributed by atoms with Gasteiger partial charge in [0.1, 0.15) is 0 Å². The Morgan fingerprint density at radius 1 is 1.07 bits per heavy atom. The van der Waals surface area contributed by atoms with E-state index in [1.54, 1.807) is 0 Å². The van der Waals surface area contributed by atoms with Crippen molar-refractivity contribution in [3.05, 3.63) is 34.1 Å². The number of thiophene rings is 1. The van der Waals surface area contributed by atoms with Crippen LogP contribution in [0.2, 0.25) is 0 Å². The van der Waals surface area contributed by atoms with Crippen LogP contribution in [-0.4, -0.2) is 75.9 Å². The molecule has 4 heterocycles. The Balaban J connectivity index is 1.21. The highest BCUT2D eigenvalue weighted by molar-refractivity contribution is 7.12. The van der Waals surface area contributed by atoms with Crippen LogP contribution < -0.4 is 0 Å². The Morgan fingerprint density at radius 3 is 2.57 bits per heavy atom. The second kappa shape index (κ2) is 8.83. The van der Waals surface area contributed by atoms with Crippen LogP contribution >= 0.6 is 11.3 Å². The van der Waals surface area contributed by atoms with Crippen molar-refractivity contribution in [3.63, 3.8) is 0 Å². The molecule has 0 saturated carbocycles. The molecule has 2 aromatic heterocycles. The number of piperazine rings is 1. The molecule has 0 aliphatic carbocycles. The van der Waals surface area contributed by atoms with E-state index in [-0.39, 0.29) is 11.8 Å². The van der Waals surface area contributed by atoms with Crippen LogP contribution in [0.4, 0.5) is 0 Å². The van der Waals surface area contributed by atoms with Gasteiger partial charge in [0, 0.05) is 52.1 Å². The summed E-state index contributed by atoms with van der Waals surface area (Å²) in [6, 6.07) is 3.77. The van der Waals surface area contributed by atoms with Crippen molar-refractivity contribution in [1.82, 2.24) is 24.8 Å². The highest BCUT2D eigenvalue weighted by atomic mass is 32.1. The summed E-state index contributed by atoms with van der Waals surface area (Å²) >= 11 is 1.48.